The van der Waals surface area contributed by atoms with Crippen molar-refractivity contribution in [3.05, 3.63) is 23.7 Å². The first-order valence-electron chi connectivity index (χ1n) is 8.61. The van der Waals surface area contributed by atoms with Crippen molar-refractivity contribution in [2.45, 2.75) is 33.6 Å². The molecule has 1 heterocycles. The summed E-state index contributed by atoms with van der Waals surface area (Å²) in [6, 6.07) is 1.78. The summed E-state index contributed by atoms with van der Waals surface area (Å²) in [5, 5.41) is 9.30. The van der Waals surface area contributed by atoms with Gasteiger partial charge in [-0.05, 0) is 39.7 Å². The lowest BCUT2D eigenvalue weighted by Gasteiger charge is -2.11. The van der Waals surface area contributed by atoms with Crippen LogP contribution in [0, 0.1) is 6.92 Å². The molecule has 0 bridgehead atoms. The molecule has 0 aliphatic carbocycles. The molecule has 0 atom stereocenters. The van der Waals surface area contributed by atoms with Gasteiger partial charge in [0.15, 0.2) is 11.7 Å². The van der Waals surface area contributed by atoms with Gasteiger partial charge in [-0.3, -0.25) is 9.79 Å². The number of aliphatic imine (C=N–C) groups is 1. The summed E-state index contributed by atoms with van der Waals surface area (Å²) >= 11 is 0. The minimum atomic E-state index is -0.178. The summed E-state index contributed by atoms with van der Waals surface area (Å²) in [5.74, 6) is 0.993. The van der Waals surface area contributed by atoms with Crippen molar-refractivity contribution in [3.63, 3.8) is 0 Å². The third kappa shape index (κ3) is 8.01. The zero-order chi connectivity index (χ0) is 17.6. The number of amides is 1. The van der Waals surface area contributed by atoms with Crippen LogP contribution >= 0.6 is 0 Å². The molecule has 1 aromatic rings. The Bertz CT molecular complexity index is 500. The van der Waals surface area contributed by atoms with Gasteiger partial charge in [-0.15, -0.1) is 0 Å². The lowest BCUT2D eigenvalue weighted by atomic mass is 10.2. The monoisotopic (exact) mass is 338 g/mol. The first-order valence-corrected chi connectivity index (χ1v) is 8.61. The molecular formula is C17H30N4O3. The Morgan fingerprint density at radius 3 is 2.67 bits per heavy atom. The second-order valence-electron chi connectivity index (χ2n) is 5.28. The number of furan rings is 1. The van der Waals surface area contributed by atoms with Gasteiger partial charge in [0, 0.05) is 45.0 Å². The van der Waals surface area contributed by atoms with Crippen molar-refractivity contribution >= 4 is 11.9 Å². The molecular weight excluding hydrogens is 308 g/mol. The van der Waals surface area contributed by atoms with Crippen LogP contribution in [-0.2, 0) is 4.74 Å². The van der Waals surface area contributed by atoms with E-state index in [1.807, 2.05) is 20.8 Å². The standard InChI is InChI=1S/C17H30N4O3/c1-4-18-17(21-11-7-12-23-5-2)20-10-6-9-19-16(22)15-14(3)8-13-24-15/h8,13H,4-7,9-12H2,1-3H3,(H,19,22)(H2,18,20,21). The highest BCUT2D eigenvalue weighted by Gasteiger charge is 2.11. The number of carbonyl (C=O) groups is 1. The van der Waals surface area contributed by atoms with Gasteiger partial charge >= 0.3 is 0 Å². The number of nitrogens with one attached hydrogen (secondary N) is 3. The van der Waals surface area contributed by atoms with E-state index in [0.29, 0.717) is 18.8 Å². The van der Waals surface area contributed by atoms with Crippen LogP contribution in [0.2, 0.25) is 0 Å². The number of aryl methyl sites for hydroxylation is 1. The first kappa shape index (κ1) is 20.0. The topological polar surface area (TPSA) is 87.9 Å². The van der Waals surface area contributed by atoms with E-state index in [2.05, 4.69) is 20.9 Å². The summed E-state index contributed by atoms with van der Waals surface area (Å²) in [5.41, 5.74) is 0.844. The molecule has 7 nitrogen and oxygen atoms in total. The average Bonchev–Trinajstić information content (AvgIpc) is 3.00. The van der Waals surface area contributed by atoms with Gasteiger partial charge in [0.1, 0.15) is 0 Å². The number of ether oxygens (including phenoxy) is 1. The van der Waals surface area contributed by atoms with E-state index in [-0.39, 0.29) is 5.91 Å². The summed E-state index contributed by atoms with van der Waals surface area (Å²) < 4.78 is 10.5. The van der Waals surface area contributed by atoms with Crippen molar-refractivity contribution in [2.75, 3.05) is 39.4 Å². The SMILES string of the molecule is CCNC(=NCCCNC(=O)c1occc1C)NCCCOCC. The second-order valence-corrected chi connectivity index (χ2v) is 5.28. The molecule has 0 fully saturated rings. The molecule has 1 amide bonds. The molecule has 1 rings (SSSR count). The molecule has 0 saturated carbocycles. The van der Waals surface area contributed by atoms with Crippen LogP contribution < -0.4 is 16.0 Å². The molecule has 3 N–H and O–H groups in total. The predicted molar refractivity (Wildman–Crippen MR) is 95.5 cm³/mol. The van der Waals surface area contributed by atoms with Crippen molar-refractivity contribution in [3.8, 4) is 0 Å². The van der Waals surface area contributed by atoms with Gasteiger partial charge < -0.3 is 25.1 Å². The van der Waals surface area contributed by atoms with E-state index in [1.165, 1.54) is 6.26 Å². The first-order chi connectivity index (χ1) is 11.7. The summed E-state index contributed by atoms with van der Waals surface area (Å²) in [7, 11) is 0. The van der Waals surface area contributed by atoms with Crippen LogP contribution in [0.25, 0.3) is 0 Å². The van der Waals surface area contributed by atoms with E-state index in [9.17, 15) is 4.79 Å². The Balaban J connectivity index is 2.21. The third-order valence-corrected chi connectivity index (χ3v) is 3.26. The quantitative estimate of drug-likeness (QED) is 0.325. The van der Waals surface area contributed by atoms with Gasteiger partial charge in [-0.1, -0.05) is 0 Å². The molecule has 0 aromatic carbocycles. The molecule has 7 heteroatoms. The second kappa shape index (κ2) is 12.4. The van der Waals surface area contributed by atoms with Crippen molar-refractivity contribution in [1.82, 2.24) is 16.0 Å². The largest absolute Gasteiger partial charge is 0.459 e. The molecule has 1 aromatic heterocycles. The van der Waals surface area contributed by atoms with E-state index in [0.717, 1.165) is 50.7 Å². The fraction of sp³-hybridized carbons (Fsp3) is 0.647. The third-order valence-electron chi connectivity index (χ3n) is 3.26. The Morgan fingerprint density at radius 2 is 2.00 bits per heavy atom. The number of hydrogen-bond acceptors (Lipinski definition) is 4. The number of hydrogen-bond donors (Lipinski definition) is 3. The summed E-state index contributed by atoms with van der Waals surface area (Å²) in [6.45, 7) is 10.2. The van der Waals surface area contributed by atoms with Crippen LogP contribution in [0.1, 0.15) is 42.8 Å². The predicted octanol–water partition coefficient (Wildman–Crippen LogP) is 1.69. The summed E-state index contributed by atoms with van der Waals surface area (Å²) in [4.78, 5) is 16.4. The minimum absolute atomic E-state index is 0.178. The molecule has 0 aliphatic heterocycles. The minimum Gasteiger partial charge on any atom is -0.459 e. The van der Waals surface area contributed by atoms with Crippen LogP contribution in [0.3, 0.4) is 0 Å². The molecule has 0 saturated heterocycles. The van der Waals surface area contributed by atoms with E-state index in [4.69, 9.17) is 9.15 Å². The van der Waals surface area contributed by atoms with Crippen LogP contribution in [0.4, 0.5) is 0 Å². The van der Waals surface area contributed by atoms with Crippen molar-refractivity contribution in [2.24, 2.45) is 4.99 Å². The zero-order valence-corrected chi connectivity index (χ0v) is 15.0. The van der Waals surface area contributed by atoms with E-state index >= 15 is 0 Å². The molecule has 0 radical (unpaired) electrons. The number of guanidine groups is 1. The molecule has 0 aliphatic rings. The van der Waals surface area contributed by atoms with Crippen LogP contribution in [-0.4, -0.2) is 51.3 Å². The van der Waals surface area contributed by atoms with Gasteiger partial charge in [0.25, 0.3) is 5.91 Å². The lowest BCUT2D eigenvalue weighted by molar-refractivity contribution is 0.0925. The Kier molecular flexibility index (Phi) is 10.4. The molecule has 24 heavy (non-hydrogen) atoms. The normalized spacial score (nSPS) is 11.4. The molecule has 0 spiro atoms. The smallest absolute Gasteiger partial charge is 0.287 e. The van der Waals surface area contributed by atoms with Crippen molar-refractivity contribution in [1.29, 1.82) is 0 Å². The maximum Gasteiger partial charge on any atom is 0.287 e. The molecule has 136 valence electrons. The van der Waals surface area contributed by atoms with Gasteiger partial charge in [-0.25, -0.2) is 0 Å². The zero-order valence-electron chi connectivity index (χ0n) is 15.0. The van der Waals surface area contributed by atoms with Gasteiger partial charge in [-0.2, -0.15) is 0 Å². The number of nitrogens with zero attached hydrogens (tertiary/aromatic N) is 1. The Hall–Kier alpha value is -2.02. The van der Waals surface area contributed by atoms with Gasteiger partial charge in [0.05, 0.1) is 6.26 Å². The Morgan fingerprint density at radius 1 is 1.21 bits per heavy atom. The lowest BCUT2D eigenvalue weighted by Crippen LogP contribution is -2.38. The fourth-order valence-electron chi connectivity index (χ4n) is 2.02. The molecule has 0 unspecified atom stereocenters. The summed E-state index contributed by atoms with van der Waals surface area (Å²) in [6.07, 6.45) is 3.23. The number of rotatable bonds is 11. The number of carbonyl (C=O) groups excluding carboxylic acids is 1. The van der Waals surface area contributed by atoms with E-state index in [1.54, 1.807) is 6.07 Å². The Labute approximate surface area is 144 Å². The maximum absolute atomic E-state index is 11.9. The highest BCUT2D eigenvalue weighted by molar-refractivity contribution is 5.92. The average molecular weight is 338 g/mol. The van der Waals surface area contributed by atoms with Gasteiger partial charge in [0.2, 0.25) is 0 Å². The highest BCUT2D eigenvalue weighted by atomic mass is 16.5. The van der Waals surface area contributed by atoms with Crippen LogP contribution in [0.15, 0.2) is 21.7 Å². The van der Waals surface area contributed by atoms with E-state index < -0.39 is 0 Å². The maximum atomic E-state index is 11.9. The fourth-order valence-corrected chi connectivity index (χ4v) is 2.02. The van der Waals surface area contributed by atoms with Crippen molar-refractivity contribution < 1.29 is 13.9 Å². The van der Waals surface area contributed by atoms with Crippen LogP contribution in [0.5, 0.6) is 0 Å². The highest BCUT2D eigenvalue weighted by Crippen LogP contribution is 2.07.